The zero-order chi connectivity index (χ0) is 17.1. The maximum Gasteiger partial charge on any atom is 0.321 e. The lowest BCUT2D eigenvalue weighted by molar-refractivity contribution is 0.0462. The number of piperidine rings is 2. The number of hydrogen-bond donors (Lipinski definition) is 1. The minimum absolute atomic E-state index is 0.0889. The van der Waals surface area contributed by atoms with Gasteiger partial charge in [-0.25, -0.2) is 4.79 Å². The monoisotopic (exact) mass is 341 g/mol. The van der Waals surface area contributed by atoms with E-state index in [4.69, 9.17) is 0 Å². The van der Waals surface area contributed by atoms with Crippen molar-refractivity contribution >= 4 is 11.7 Å². The molecule has 4 heteroatoms. The van der Waals surface area contributed by atoms with Crippen molar-refractivity contribution in [2.75, 3.05) is 31.5 Å². The van der Waals surface area contributed by atoms with Gasteiger partial charge in [0.05, 0.1) is 0 Å². The quantitative estimate of drug-likeness (QED) is 0.871. The third kappa shape index (κ3) is 4.35. The van der Waals surface area contributed by atoms with E-state index in [0.717, 1.165) is 24.7 Å². The summed E-state index contributed by atoms with van der Waals surface area (Å²) in [5.41, 5.74) is 0.899. The number of amides is 2. The molecule has 0 bridgehead atoms. The molecule has 0 radical (unpaired) electrons. The van der Waals surface area contributed by atoms with Crippen LogP contribution in [0.1, 0.15) is 44.9 Å². The van der Waals surface area contributed by atoms with Gasteiger partial charge in [-0.3, -0.25) is 0 Å². The fourth-order valence-corrected chi connectivity index (χ4v) is 4.65. The molecule has 2 heterocycles. The van der Waals surface area contributed by atoms with E-state index in [2.05, 4.69) is 15.1 Å². The van der Waals surface area contributed by atoms with E-state index in [1.807, 2.05) is 30.3 Å². The van der Waals surface area contributed by atoms with Crippen molar-refractivity contribution in [3.8, 4) is 0 Å². The lowest BCUT2D eigenvalue weighted by Gasteiger charge is -2.45. The van der Waals surface area contributed by atoms with Gasteiger partial charge in [-0.15, -0.1) is 0 Å². The van der Waals surface area contributed by atoms with E-state index in [1.54, 1.807) is 0 Å². The summed E-state index contributed by atoms with van der Waals surface area (Å²) >= 11 is 0. The van der Waals surface area contributed by atoms with Gasteiger partial charge in [0.15, 0.2) is 0 Å². The average molecular weight is 341 g/mol. The van der Waals surface area contributed by atoms with Crippen molar-refractivity contribution in [2.24, 2.45) is 11.8 Å². The molecule has 2 atom stereocenters. The summed E-state index contributed by atoms with van der Waals surface area (Å²) < 4.78 is 0. The number of carbonyl (C=O) groups is 1. The summed E-state index contributed by atoms with van der Waals surface area (Å²) in [6.07, 6.45) is 9.17. The molecule has 4 rings (SSSR count). The molecule has 1 aromatic carbocycles. The Morgan fingerprint density at radius 1 is 1.00 bits per heavy atom. The third-order valence-electron chi connectivity index (χ3n) is 6.17. The molecule has 4 nitrogen and oxygen atoms in total. The Labute approximate surface area is 151 Å². The molecule has 1 N–H and O–H groups in total. The molecule has 2 amide bonds. The molecule has 25 heavy (non-hydrogen) atoms. The number of nitrogens with zero attached hydrogens (tertiary/aromatic N) is 2. The van der Waals surface area contributed by atoms with Crippen LogP contribution in [0.5, 0.6) is 0 Å². The standard InChI is InChI=1S/C21H31N3O/c25-21(22-19-8-2-1-3-9-19)24(15-17-11-12-17)16-18-7-6-14-23-13-5-4-10-20(18)23/h1-3,8-9,17-18,20H,4-7,10-16H2,(H,22,25)/t18-,20+/m0/s1. The summed E-state index contributed by atoms with van der Waals surface area (Å²) in [4.78, 5) is 17.7. The van der Waals surface area contributed by atoms with Crippen molar-refractivity contribution < 1.29 is 4.79 Å². The molecule has 3 fully saturated rings. The van der Waals surface area contributed by atoms with Gasteiger partial charge in [0, 0.05) is 24.8 Å². The first kappa shape index (κ1) is 16.9. The van der Waals surface area contributed by atoms with Gasteiger partial charge in [0.2, 0.25) is 0 Å². The first-order chi connectivity index (χ1) is 12.3. The SMILES string of the molecule is O=C(Nc1ccccc1)N(CC1CC1)C[C@@H]1CCCN2CCCC[C@H]12. The van der Waals surface area contributed by atoms with Crippen LogP contribution in [0.2, 0.25) is 0 Å². The second-order valence-electron chi connectivity index (χ2n) is 8.15. The normalized spacial score (nSPS) is 26.7. The van der Waals surface area contributed by atoms with Gasteiger partial charge in [-0.2, -0.15) is 0 Å². The minimum atomic E-state index is 0.0889. The van der Waals surface area contributed by atoms with Crippen LogP contribution in [-0.4, -0.2) is 48.1 Å². The average Bonchev–Trinajstić information content (AvgIpc) is 3.46. The van der Waals surface area contributed by atoms with Crippen LogP contribution in [0.3, 0.4) is 0 Å². The van der Waals surface area contributed by atoms with E-state index in [0.29, 0.717) is 12.0 Å². The van der Waals surface area contributed by atoms with Gasteiger partial charge in [0.25, 0.3) is 0 Å². The summed E-state index contributed by atoms with van der Waals surface area (Å²) in [7, 11) is 0. The van der Waals surface area contributed by atoms with Crippen molar-refractivity contribution in [1.29, 1.82) is 0 Å². The molecule has 1 aromatic rings. The lowest BCUT2D eigenvalue weighted by atomic mass is 9.83. The Balaban J connectivity index is 1.42. The van der Waals surface area contributed by atoms with Crippen molar-refractivity contribution in [1.82, 2.24) is 9.80 Å². The molecule has 0 unspecified atom stereocenters. The number of carbonyl (C=O) groups excluding carboxylic acids is 1. The fraction of sp³-hybridized carbons (Fsp3) is 0.667. The maximum absolute atomic E-state index is 12.9. The molecule has 136 valence electrons. The Hall–Kier alpha value is -1.55. The van der Waals surface area contributed by atoms with Crippen LogP contribution in [0.15, 0.2) is 30.3 Å². The van der Waals surface area contributed by atoms with E-state index in [9.17, 15) is 4.79 Å². The van der Waals surface area contributed by atoms with Crippen molar-refractivity contribution in [2.45, 2.75) is 51.0 Å². The number of urea groups is 1. The fourth-order valence-electron chi connectivity index (χ4n) is 4.65. The van der Waals surface area contributed by atoms with E-state index in [-0.39, 0.29) is 6.03 Å². The van der Waals surface area contributed by atoms with E-state index in [1.165, 1.54) is 58.0 Å². The molecule has 1 aliphatic carbocycles. The van der Waals surface area contributed by atoms with Gasteiger partial charge in [0.1, 0.15) is 0 Å². The third-order valence-corrected chi connectivity index (χ3v) is 6.17. The Kier molecular flexibility index (Phi) is 5.25. The topological polar surface area (TPSA) is 35.6 Å². The molecule has 2 aliphatic heterocycles. The Bertz CT molecular complexity index is 570. The highest BCUT2D eigenvalue weighted by atomic mass is 16.2. The number of hydrogen-bond acceptors (Lipinski definition) is 2. The summed E-state index contributed by atoms with van der Waals surface area (Å²) in [6.45, 7) is 4.39. The highest BCUT2D eigenvalue weighted by Crippen LogP contribution is 2.34. The lowest BCUT2D eigenvalue weighted by Crippen LogP contribution is -2.52. The Morgan fingerprint density at radius 2 is 1.80 bits per heavy atom. The summed E-state index contributed by atoms with van der Waals surface area (Å²) in [5, 5.41) is 3.11. The first-order valence-corrected chi connectivity index (χ1v) is 10.1. The largest absolute Gasteiger partial charge is 0.324 e. The van der Waals surface area contributed by atoms with Crippen molar-refractivity contribution in [3.63, 3.8) is 0 Å². The molecule has 3 aliphatic rings. The van der Waals surface area contributed by atoms with Crippen LogP contribution in [0, 0.1) is 11.8 Å². The second kappa shape index (κ2) is 7.77. The van der Waals surface area contributed by atoms with E-state index >= 15 is 0 Å². The zero-order valence-electron chi connectivity index (χ0n) is 15.2. The number of rotatable bonds is 5. The van der Waals surface area contributed by atoms with Gasteiger partial charge < -0.3 is 15.1 Å². The number of nitrogens with one attached hydrogen (secondary N) is 1. The summed E-state index contributed by atoms with van der Waals surface area (Å²) in [6, 6.07) is 10.7. The molecular weight excluding hydrogens is 310 g/mol. The van der Waals surface area contributed by atoms with Gasteiger partial charge in [-0.1, -0.05) is 24.6 Å². The molecular formula is C21H31N3O. The predicted molar refractivity (Wildman–Crippen MR) is 102 cm³/mol. The van der Waals surface area contributed by atoms with E-state index < -0.39 is 0 Å². The Morgan fingerprint density at radius 3 is 2.60 bits per heavy atom. The minimum Gasteiger partial charge on any atom is -0.324 e. The smallest absolute Gasteiger partial charge is 0.321 e. The number of para-hydroxylation sites is 1. The van der Waals surface area contributed by atoms with Gasteiger partial charge in [-0.05, 0) is 75.6 Å². The van der Waals surface area contributed by atoms with Crippen molar-refractivity contribution in [3.05, 3.63) is 30.3 Å². The van der Waals surface area contributed by atoms with Crippen LogP contribution in [0.4, 0.5) is 10.5 Å². The second-order valence-corrected chi connectivity index (χ2v) is 8.15. The zero-order valence-corrected chi connectivity index (χ0v) is 15.2. The van der Waals surface area contributed by atoms with Crippen LogP contribution < -0.4 is 5.32 Å². The molecule has 2 saturated heterocycles. The predicted octanol–water partition coefficient (Wildman–Crippen LogP) is 4.20. The number of fused-ring (bicyclic) bond motifs is 1. The number of benzene rings is 1. The first-order valence-electron chi connectivity index (χ1n) is 10.1. The highest BCUT2D eigenvalue weighted by Gasteiger charge is 2.36. The number of anilines is 1. The van der Waals surface area contributed by atoms with Crippen LogP contribution in [0.25, 0.3) is 0 Å². The molecule has 0 aromatic heterocycles. The van der Waals surface area contributed by atoms with Crippen LogP contribution in [-0.2, 0) is 0 Å². The van der Waals surface area contributed by atoms with Crippen LogP contribution >= 0.6 is 0 Å². The van der Waals surface area contributed by atoms with Gasteiger partial charge >= 0.3 is 6.03 Å². The summed E-state index contributed by atoms with van der Waals surface area (Å²) in [5.74, 6) is 1.38. The highest BCUT2D eigenvalue weighted by molar-refractivity contribution is 5.89. The molecule has 1 saturated carbocycles. The molecule has 0 spiro atoms. The maximum atomic E-state index is 12.9.